The summed E-state index contributed by atoms with van der Waals surface area (Å²) in [7, 11) is 1.50. The van der Waals surface area contributed by atoms with Gasteiger partial charge in [0.1, 0.15) is 12.7 Å². The summed E-state index contributed by atoms with van der Waals surface area (Å²) in [5.41, 5.74) is 0. The molecule has 1 heterocycles. The zero-order valence-corrected chi connectivity index (χ0v) is 14.3. The van der Waals surface area contributed by atoms with E-state index in [9.17, 15) is 20.1 Å². The van der Waals surface area contributed by atoms with Crippen LogP contribution in [0.4, 0.5) is 4.79 Å². The molecular weight excluding hydrogens is 334 g/mol. The summed E-state index contributed by atoms with van der Waals surface area (Å²) in [6.07, 6.45) is -2.95. The summed E-state index contributed by atoms with van der Waals surface area (Å²) >= 11 is 1.37. The minimum absolute atomic E-state index is 0.0825. The van der Waals surface area contributed by atoms with Gasteiger partial charge in [0.2, 0.25) is 0 Å². The van der Waals surface area contributed by atoms with Gasteiger partial charge in [0, 0.05) is 18.6 Å². The van der Waals surface area contributed by atoms with Crippen molar-refractivity contribution in [3.63, 3.8) is 0 Å². The van der Waals surface area contributed by atoms with Crippen LogP contribution >= 0.6 is 11.8 Å². The highest BCUT2D eigenvalue weighted by Gasteiger charge is 2.44. The third kappa shape index (κ3) is 4.61. The lowest BCUT2D eigenvalue weighted by Gasteiger charge is -2.43. The lowest BCUT2D eigenvalue weighted by atomic mass is 9.96. The number of hydrogen-bond donors (Lipinski definition) is 3. The van der Waals surface area contributed by atoms with Crippen LogP contribution in [0.1, 0.15) is 0 Å². The third-order valence-electron chi connectivity index (χ3n) is 3.87. The Bertz CT molecular complexity index is 517. The molecule has 0 bridgehead atoms. The van der Waals surface area contributed by atoms with Gasteiger partial charge in [-0.25, -0.2) is 4.79 Å². The number of carbonyl (C=O) groups is 1. The zero-order valence-electron chi connectivity index (χ0n) is 13.4. The van der Waals surface area contributed by atoms with Gasteiger partial charge in [-0.05, 0) is 12.1 Å². The van der Waals surface area contributed by atoms with Crippen molar-refractivity contribution in [2.24, 2.45) is 0 Å². The highest BCUT2D eigenvalue weighted by atomic mass is 32.2. The predicted octanol–water partition coefficient (Wildman–Crippen LogP) is 0.329. The maximum Gasteiger partial charge on any atom is 0.410 e. The second-order valence-electron chi connectivity index (χ2n) is 5.46. The van der Waals surface area contributed by atoms with Crippen molar-refractivity contribution in [2.45, 2.75) is 28.4 Å². The number of aliphatic hydroxyl groups is 3. The van der Waals surface area contributed by atoms with Crippen molar-refractivity contribution in [1.29, 1.82) is 0 Å². The average Bonchev–Trinajstić information content (AvgIpc) is 2.60. The maximum atomic E-state index is 12.2. The molecule has 1 aliphatic rings. The van der Waals surface area contributed by atoms with Crippen molar-refractivity contribution in [3.05, 3.63) is 30.3 Å². The molecule has 7 nitrogen and oxygen atoms in total. The van der Waals surface area contributed by atoms with Gasteiger partial charge in [-0.2, -0.15) is 0 Å². The molecule has 3 N–H and O–H groups in total. The Labute approximate surface area is 145 Å². The molecule has 1 amide bonds. The Balaban J connectivity index is 2.08. The van der Waals surface area contributed by atoms with Crippen LogP contribution in [0.15, 0.2) is 35.2 Å². The lowest BCUT2D eigenvalue weighted by molar-refractivity contribution is -0.0810. The van der Waals surface area contributed by atoms with E-state index in [4.69, 9.17) is 9.47 Å². The minimum Gasteiger partial charge on any atom is -0.447 e. The number of hydrogen-bond acceptors (Lipinski definition) is 7. The molecule has 0 spiro atoms. The standard InChI is InChI=1S/C16H23NO6S/c1-22-7-8-23-16(21)17-9-13(15(20)14(19)12(17)10-18)24-11-5-3-2-4-6-11/h2-6,12-15,18-20H,7-10H2,1H3/t12?,13-,14+,15+/m0/s1. The fourth-order valence-corrected chi connectivity index (χ4v) is 3.76. The van der Waals surface area contributed by atoms with E-state index < -0.39 is 36.2 Å². The monoisotopic (exact) mass is 357 g/mol. The molecule has 1 fully saturated rings. The minimum atomic E-state index is -1.25. The van der Waals surface area contributed by atoms with Gasteiger partial charge in [0.25, 0.3) is 0 Å². The van der Waals surface area contributed by atoms with Crippen LogP contribution in [0.5, 0.6) is 0 Å². The molecule has 8 heteroatoms. The molecule has 0 aromatic heterocycles. The van der Waals surface area contributed by atoms with Crippen molar-refractivity contribution in [2.75, 3.05) is 33.5 Å². The van der Waals surface area contributed by atoms with E-state index in [0.29, 0.717) is 0 Å². The van der Waals surface area contributed by atoms with E-state index in [1.165, 1.54) is 23.8 Å². The van der Waals surface area contributed by atoms with Crippen molar-refractivity contribution >= 4 is 17.9 Å². The van der Waals surface area contributed by atoms with E-state index in [0.717, 1.165) is 4.90 Å². The lowest BCUT2D eigenvalue weighted by Crippen LogP contribution is -2.63. The molecule has 1 unspecified atom stereocenters. The number of nitrogens with zero attached hydrogens (tertiary/aromatic N) is 1. The molecule has 0 aliphatic carbocycles. The van der Waals surface area contributed by atoms with E-state index >= 15 is 0 Å². The molecule has 24 heavy (non-hydrogen) atoms. The summed E-state index contributed by atoms with van der Waals surface area (Å²) in [5, 5.41) is 29.7. The van der Waals surface area contributed by atoms with Gasteiger partial charge in [-0.15, -0.1) is 11.8 Å². The van der Waals surface area contributed by atoms with Crippen LogP contribution in [0, 0.1) is 0 Å². The molecule has 0 radical (unpaired) electrons. The predicted molar refractivity (Wildman–Crippen MR) is 88.9 cm³/mol. The number of aliphatic hydroxyl groups excluding tert-OH is 3. The van der Waals surface area contributed by atoms with Crippen LogP contribution in [0.25, 0.3) is 0 Å². The molecule has 1 aromatic rings. The van der Waals surface area contributed by atoms with Crippen molar-refractivity contribution in [1.82, 2.24) is 4.90 Å². The largest absolute Gasteiger partial charge is 0.447 e. The van der Waals surface area contributed by atoms with Gasteiger partial charge in [-0.1, -0.05) is 18.2 Å². The van der Waals surface area contributed by atoms with Crippen molar-refractivity contribution in [3.8, 4) is 0 Å². The van der Waals surface area contributed by atoms with Crippen molar-refractivity contribution < 1.29 is 29.6 Å². The first-order valence-electron chi connectivity index (χ1n) is 7.69. The maximum absolute atomic E-state index is 12.2. The number of likely N-dealkylation sites (tertiary alicyclic amines) is 1. The number of thioether (sulfide) groups is 1. The normalized spacial score (nSPS) is 27.1. The van der Waals surface area contributed by atoms with Gasteiger partial charge >= 0.3 is 6.09 Å². The summed E-state index contributed by atoms with van der Waals surface area (Å²) in [6.45, 7) is 0.0467. The van der Waals surface area contributed by atoms with E-state index in [1.807, 2.05) is 30.3 Å². The van der Waals surface area contributed by atoms with Gasteiger partial charge in [0.15, 0.2) is 0 Å². The van der Waals surface area contributed by atoms with E-state index in [-0.39, 0.29) is 19.8 Å². The smallest absolute Gasteiger partial charge is 0.410 e. The number of ether oxygens (including phenoxy) is 2. The van der Waals surface area contributed by atoms with E-state index in [1.54, 1.807) is 0 Å². The Hall–Kier alpha value is -1.32. The fourth-order valence-electron chi connectivity index (χ4n) is 2.56. The molecule has 1 saturated heterocycles. The van der Waals surface area contributed by atoms with E-state index in [2.05, 4.69) is 0 Å². The Morgan fingerprint density at radius 3 is 2.58 bits per heavy atom. The molecule has 134 valence electrons. The highest BCUT2D eigenvalue weighted by Crippen LogP contribution is 2.32. The molecular formula is C16H23NO6S. The van der Waals surface area contributed by atoms with Crippen LogP contribution < -0.4 is 0 Å². The van der Waals surface area contributed by atoms with Crippen LogP contribution in [0.2, 0.25) is 0 Å². The topological polar surface area (TPSA) is 99.5 Å². The van der Waals surface area contributed by atoms with Gasteiger partial charge in [0.05, 0.1) is 30.6 Å². The molecule has 0 saturated carbocycles. The Morgan fingerprint density at radius 1 is 1.25 bits per heavy atom. The average molecular weight is 357 g/mol. The Kier molecular flexibility index (Phi) is 7.32. The first-order valence-corrected chi connectivity index (χ1v) is 8.57. The Morgan fingerprint density at radius 2 is 1.96 bits per heavy atom. The van der Waals surface area contributed by atoms with Crippen LogP contribution in [-0.4, -0.2) is 83.3 Å². The first kappa shape index (κ1) is 19.0. The molecule has 1 aromatic carbocycles. The number of amides is 1. The number of methoxy groups -OCH3 is 1. The summed E-state index contributed by atoms with van der Waals surface area (Å²) < 4.78 is 9.92. The molecule has 2 rings (SSSR count). The molecule has 4 atom stereocenters. The highest BCUT2D eigenvalue weighted by molar-refractivity contribution is 8.00. The summed E-state index contributed by atoms with van der Waals surface area (Å²) in [5.74, 6) is 0. The number of piperidine rings is 1. The van der Waals surface area contributed by atoms with Gasteiger partial charge in [-0.3, -0.25) is 4.90 Å². The second-order valence-corrected chi connectivity index (χ2v) is 6.77. The number of benzene rings is 1. The number of rotatable bonds is 6. The summed E-state index contributed by atoms with van der Waals surface area (Å²) in [4.78, 5) is 14.4. The third-order valence-corrected chi connectivity index (χ3v) is 5.14. The van der Waals surface area contributed by atoms with Crippen LogP contribution in [-0.2, 0) is 9.47 Å². The quantitative estimate of drug-likeness (QED) is 0.631. The SMILES string of the molecule is COCCOC(=O)N1C[C@H](Sc2ccccc2)[C@@H](O)[C@H](O)C1CO. The summed E-state index contributed by atoms with van der Waals surface area (Å²) in [6, 6.07) is 8.52. The first-order chi connectivity index (χ1) is 11.6. The fraction of sp³-hybridized carbons (Fsp3) is 0.562. The molecule has 1 aliphatic heterocycles. The second kappa shape index (κ2) is 9.24. The zero-order chi connectivity index (χ0) is 17.5. The van der Waals surface area contributed by atoms with Crippen LogP contribution in [0.3, 0.4) is 0 Å². The van der Waals surface area contributed by atoms with Gasteiger partial charge < -0.3 is 24.8 Å². The number of carbonyl (C=O) groups excluding carboxylic acids is 1.